The zero-order valence-electron chi connectivity index (χ0n) is 8.99. The summed E-state index contributed by atoms with van der Waals surface area (Å²) in [5, 5.41) is 8.27. The molecule has 82 valence electrons. The first-order chi connectivity index (χ1) is 7.29. The fourth-order valence-electron chi connectivity index (χ4n) is 1.88. The Morgan fingerprint density at radius 1 is 1.33 bits per heavy atom. The summed E-state index contributed by atoms with van der Waals surface area (Å²) in [6.45, 7) is 4.06. The van der Waals surface area contributed by atoms with Gasteiger partial charge in [-0.2, -0.15) is 5.10 Å². The smallest absolute Gasteiger partial charge is 0.151 e. The molecule has 0 amide bonds. The first kappa shape index (κ1) is 10.7. The van der Waals surface area contributed by atoms with Crippen LogP contribution in [-0.2, 0) is 0 Å². The second-order valence-electron chi connectivity index (χ2n) is 4.12. The van der Waals surface area contributed by atoms with E-state index in [0.29, 0.717) is 5.92 Å². The van der Waals surface area contributed by atoms with E-state index in [1.165, 1.54) is 12.8 Å². The molecule has 1 aromatic rings. The molecule has 0 unspecified atom stereocenters. The van der Waals surface area contributed by atoms with Crippen molar-refractivity contribution in [3.63, 3.8) is 0 Å². The molecule has 1 saturated heterocycles. The average molecular weight is 226 g/mol. The van der Waals surface area contributed by atoms with E-state index in [9.17, 15) is 0 Å². The molecule has 0 aromatic carbocycles. The number of rotatable bonds is 2. The molecule has 4 heteroatoms. The number of piperidine rings is 1. The van der Waals surface area contributed by atoms with Gasteiger partial charge in [0.05, 0.1) is 5.69 Å². The standard InChI is InChI=1S/C11H16ClN3/c1-9-2-3-11(14-13-9)15-6-4-10(8-12)5-7-15/h2-3,10H,4-8H2,1H3. The summed E-state index contributed by atoms with van der Waals surface area (Å²) in [7, 11) is 0. The molecule has 0 spiro atoms. The number of alkyl halides is 1. The molecule has 2 rings (SSSR count). The van der Waals surface area contributed by atoms with E-state index in [2.05, 4.69) is 15.1 Å². The van der Waals surface area contributed by atoms with Crippen LogP contribution in [0.2, 0.25) is 0 Å². The molecule has 1 aromatic heterocycles. The number of anilines is 1. The normalized spacial score (nSPS) is 18.1. The molecule has 3 nitrogen and oxygen atoms in total. The fraction of sp³-hybridized carbons (Fsp3) is 0.636. The maximum atomic E-state index is 5.85. The van der Waals surface area contributed by atoms with Crippen LogP contribution in [0.25, 0.3) is 0 Å². The highest BCUT2D eigenvalue weighted by Gasteiger charge is 2.19. The van der Waals surface area contributed by atoms with Gasteiger partial charge in [-0.05, 0) is 37.8 Å². The first-order valence-electron chi connectivity index (χ1n) is 5.41. The molecule has 0 saturated carbocycles. The molecule has 1 aliphatic heterocycles. The molecule has 2 heterocycles. The molecule has 0 radical (unpaired) electrons. The Balaban J connectivity index is 1.98. The van der Waals surface area contributed by atoms with Crippen molar-refractivity contribution in [2.24, 2.45) is 5.92 Å². The van der Waals surface area contributed by atoms with E-state index in [0.717, 1.165) is 30.5 Å². The second-order valence-corrected chi connectivity index (χ2v) is 4.43. The van der Waals surface area contributed by atoms with E-state index < -0.39 is 0 Å². The predicted molar refractivity (Wildman–Crippen MR) is 62.4 cm³/mol. The van der Waals surface area contributed by atoms with Gasteiger partial charge >= 0.3 is 0 Å². The van der Waals surface area contributed by atoms with Crippen LogP contribution in [0.4, 0.5) is 5.82 Å². The van der Waals surface area contributed by atoms with Crippen molar-refractivity contribution < 1.29 is 0 Å². The van der Waals surface area contributed by atoms with Crippen molar-refractivity contribution in [3.8, 4) is 0 Å². The minimum atomic E-state index is 0.682. The monoisotopic (exact) mass is 225 g/mol. The molecular weight excluding hydrogens is 210 g/mol. The third-order valence-corrected chi connectivity index (χ3v) is 3.38. The van der Waals surface area contributed by atoms with E-state index in [-0.39, 0.29) is 0 Å². The van der Waals surface area contributed by atoms with Crippen molar-refractivity contribution in [2.75, 3.05) is 23.9 Å². The maximum Gasteiger partial charge on any atom is 0.151 e. The number of nitrogens with zero attached hydrogens (tertiary/aromatic N) is 3. The van der Waals surface area contributed by atoms with Crippen LogP contribution in [0.3, 0.4) is 0 Å². The highest BCUT2D eigenvalue weighted by Crippen LogP contribution is 2.21. The summed E-state index contributed by atoms with van der Waals surface area (Å²) < 4.78 is 0. The first-order valence-corrected chi connectivity index (χ1v) is 5.94. The van der Waals surface area contributed by atoms with Crippen LogP contribution in [0.15, 0.2) is 12.1 Å². The van der Waals surface area contributed by atoms with Crippen LogP contribution >= 0.6 is 11.6 Å². The Bertz CT molecular complexity index is 304. The molecule has 1 aliphatic rings. The van der Waals surface area contributed by atoms with Crippen LogP contribution in [0.1, 0.15) is 18.5 Å². The van der Waals surface area contributed by atoms with Gasteiger partial charge in [0.2, 0.25) is 0 Å². The molecule has 0 aliphatic carbocycles. The van der Waals surface area contributed by atoms with Crippen molar-refractivity contribution in [3.05, 3.63) is 17.8 Å². The van der Waals surface area contributed by atoms with Crippen LogP contribution in [0, 0.1) is 12.8 Å². The Kier molecular flexibility index (Phi) is 3.41. The summed E-state index contributed by atoms with van der Waals surface area (Å²) in [5.41, 5.74) is 0.967. The van der Waals surface area contributed by atoms with Gasteiger partial charge in [0.25, 0.3) is 0 Å². The molecule has 1 fully saturated rings. The summed E-state index contributed by atoms with van der Waals surface area (Å²) in [4.78, 5) is 2.29. The van der Waals surface area contributed by atoms with Gasteiger partial charge in [-0.3, -0.25) is 0 Å². The lowest BCUT2D eigenvalue weighted by atomic mass is 9.99. The molecule has 0 bridgehead atoms. The van der Waals surface area contributed by atoms with Crippen LogP contribution in [-0.4, -0.2) is 29.2 Å². The highest BCUT2D eigenvalue weighted by atomic mass is 35.5. The van der Waals surface area contributed by atoms with E-state index in [1.54, 1.807) is 0 Å². The third-order valence-electron chi connectivity index (χ3n) is 2.94. The van der Waals surface area contributed by atoms with Gasteiger partial charge in [-0.15, -0.1) is 16.7 Å². The summed E-state index contributed by atoms with van der Waals surface area (Å²) in [5.74, 6) is 2.46. The minimum absolute atomic E-state index is 0.682. The summed E-state index contributed by atoms with van der Waals surface area (Å²) >= 11 is 5.85. The van der Waals surface area contributed by atoms with Gasteiger partial charge in [-0.25, -0.2) is 0 Å². The molecule has 0 N–H and O–H groups in total. The average Bonchev–Trinajstić information content (AvgIpc) is 2.30. The second kappa shape index (κ2) is 4.79. The SMILES string of the molecule is Cc1ccc(N2CCC(CCl)CC2)nn1. The number of aryl methyl sites for hydroxylation is 1. The molecule has 15 heavy (non-hydrogen) atoms. The van der Waals surface area contributed by atoms with Crippen molar-refractivity contribution in [1.82, 2.24) is 10.2 Å². The van der Waals surface area contributed by atoms with Gasteiger partial charge in [0, 0.05) is 19.0 Å². The Morgan fingerprint density at radius 2 is 2.07 bits per heavy atom. The maximum absolute atomic E-state index is 5.85. The van der Waals surface area contributed by atoms with Crippen LogP contribution < -0.4 is 4.90 Å². The largest absolute Gasteiger partial charge is 0.355 e. The fourth-order valence-corrected chi connectivity index (χ4v) is 2.19. The van der Waals surface area contributed by atoms with Gasteiger partial charge < -0.3 is 4.90 Å². The molecule has 0 atom stereocenters. The van der Waals surface area contributed by atoms with Crippen molar-refractivity contribution >= 4 is 17.4 Å². The number of hydrogen-bond donors (Lipinski definition) is 0. The van der Waals surface area contributed by atoms with E-state index in [1.807, 2.05) is 19.1 Å². The lowest BCUT2D eigenvalue weighted by molar-refractivity contribution is 0.440. The Hall–Kier alpha value is -0.830. The summed E-state index contributed by atoms with van der Waals surface area (Å²) in [6, 6.07) is 4.05. The third kappa shape index (κ3) is 2.59. The topological polar surface area (TPSA) is 29.0 Å². The van der Waals surface area contributed by atoms with Crippen molar-refractivity contribution in [1.29, 1.82) is 0 Å². The van der Waals surface area contributed by atoms with Crippen molar-refractivity contribution in [2.45, 2.75) is 19.8 Å². The van der Waals surface area contributed by atoms with Gasteiger partial charge in [0.1, 0.15) is 0 Å². The highest BCUT2D eigenvalue weighted by molar-refractivity contribution is 6.18. The summed E-state index contributed by atoms with van der Waals surface area (Å²) in [6.07, 6.45) is 2.33. The van der Waals surface area contributed by atoms with Gasteiger partial charge in [-0.1, -0.05) is 0 Å². The Labute approximate surface area is 95.5 Å². The zero-order chi connectivity index (χ0) is 10.7. The Morgan fingerprint density at radius 3 is 2.60 bits per heavy atom. The predicted octanol–water partition coefficient (Wildman–Crippen LogP) is 2.24. The van der Waals surface area contributed by atoms with E-state index >= 15 is 0 Å². The number of hydrogen-bond acceptors (Lipinski definition) is 3. The lowest BCUT2D eigenvalue weighted by Crippen LogP contribution is -2.34. The van der Waals surface area contributed by atoms with E-state index in [4.69, 9.17) is 11.6 Å². The molecular formula is C11H16ClN3. The van der Waals surface area contributed by atoms with Crippen LogP contribution in [0.5, 0.6) is 0 Å². The quantitative estimate of drug-likeness (QED) is 0.723. The zero-order valence-corrected chi connectivity index (χ0v) is 9.74. The minimum Gasteiger partial charge on any atom is -0.355 e. The lowest BCUT2D eigenvalue weighted by Gasteiger charge is -2.31. The van der Waals surface area contributed by atoms with Gasteiger partial charge in [0.15, 0.2) is 5.82 Å². The number of aromatic nitrogens is 2. The number of halogens is 1.